The average Bonchev–Trinajstić information content (AvgIpc) is 3.10. The van der Waals surface area contributed by atoms with Crippen LogP contribution in [-0.2, 0) is 24.2 Å². The van der Waals surface area contributed by atoms with Crippen molar-refractivity contribution in [2.24, 2.45) is 5.16 Å². The van der Waals surface area contributed by atoms with E-state index in [1.807, 2.05) is 24.3 Å². The Morgan fingerprint density at radius 2 is 2.07 bits per heavy atom. The van der Waals surface area contributed by atoms with Crippen molar-refractivity contribution in [2.45, 2.75) is 44.0 Å². The molecule has 0 saturated heterocycles. The minimum atomic E-state index is -3.71. The van der Waals surface area contributed by atoms with E-state index in [0.717, 1.165) is 17.4 Å². The lowest BCUT2D eigenvalue weighted by atomic mass is 9.97. The lowest BCUT2D eigenvalue weighted by Crippen LogP contribution is -2.47. The van der Waals surface area contributed by atoms with Crippen LogP contribution < -0.4 is 0 Å². The lowest BCUT2D eigenvalue weighted by Gasteiger charge is -2.27. The van der Waals surface area contributed by atoms with E-state index < -0.39 is 26.7 Å². The number of rotatable bonds is 7. The van der Waals surface area contributed by atoms with Crippen LogP contribution in [0.1, 0.15) is 44.2 Å². The molecule has 1 aromatic carbocycles. The highest BCUT2D eigenvalue weighted by atomic mass is 32.2. The van der Waals surface area contributed by atoms with Crippen molar-refractivity contribution < 1.29 is 27.9 Å². The molecule has 0 aromatic heterocycles. The zero-order valence-electron chi connectivity index (χ0n) is 16.3. The van der Waals surface area contributed by atoms with Gasteiger partial charge < -0.3 is 14.7 Å². The van der Waals surface area contributed by atoms with E-state index in [1.54, 1.807) is 6.92 Å². The van der Waals surface area contributed by atoms with Crippen molar-refractivity contribution in [1.29, 1.82) is 0 Å². The van der Waals surface area contributed by atoms with E-state index in [2.05, 4.69) is 17.0 Å². The molecule has 0 saturated carbocycles. The van der Waals surface area contributed by atoms with Gasteiger partial charge in [0.2, 0.25) is 0 Å². The normalized spacial score (nSPS) is 18.3. The summed E-state index contributed by atoms with van der Waals surface area (Å²) in [5, 5.41) is 12.8. The van der Waals surface area contributed by atoms with Gasteiger partial charge in [-0.3, -0.25) is 4.79 Å². The van der Waals surface area contributed by atoms with Crippen LogP contribution in [0, 0.1) is 11.8 Å². The molecule has 152 valence electrons. The molecule has 0 spiro atoms. The van der Waals surface area contributed by atoms with Crippen molar-refractivity contribution >= 4 is 21.5 Å². The number of sulfone groups is 1. The molecule has 2 atom stereocenters. The van der Waals surface area contributed by atoms with Gasteiger partial charge in [-0.15, -0.1) is 0 Å². The predicted octanol–water partition coefficient (Wildman–Crippen LogP) is 1.67. The maximum atomic E-state index is 12.3. The molecule has 28 heavy (non-hydrogen) atoms. The molecule has 0 unspecified atom stereocenters. The molecule has 0 amide bonds. The first-order valence-corrected chi connectivity index (χ1v) is 10.9. The van der Waals surface area contributed by atoms with Crippen molar-refractivity contribution in [3.05, 3.63) is 35.4 Å². The third-order valence-electron chi connectivity index (χ3n) is 4.56. The Hall–Kier alpha value is -2.37. The smallest absolute Gasteiger partial charge is 0.327 e. The Morgan fingerprint density at radius 3 is 2.64 bits per heavy atom. The maximum absolute atomic E-state index is 12.3. The maximum Gasteiger partial charge on any atom is 0.327 e. The second-order valence-electron chi connectivity index (χ2n) is 6.75. The van der Waals surface area contributed by atoms with E-state index in [-0.39, 0.29) is 19.6 Å². The summed E-state index contributed by atoms with van der Waals surface area (Å²) in [6.45, 7) is 3.12. The topological polar surface area (TPSA) is 102 Å². The highest BCUT2D eigenvalue weighted by molar-refractivity contribution is 7.92. The minimum absolute atomic E-state index is 0.0266. The summed E-state index contributed by atoms with van der Waals surface area (Å²) in [5.74, 6) is 5.02. The molecular weight excluding hydrogens is 382 g/mol. The Kier molecular flexibility index (Phi) is 7.22. The molecule has 7 nitrogen and oxygen atoms in total. The quantitative estimate of drug-likeness (QED) is 0.545. The van der Waals surface area contributed by atoms with E-state index in [9.17, 15) is 13.2 Å². The van der Waals surface area contributed by atoms with Crippen molar-refractivity contribution in [1.82, 2.24) is 0 Å². The van der Waals surface area contributed by atoms with Gasteiger partial charge in [0, 0.05) is 31.1 Å². The molecule has 2 rings (SSSR count). The summed E-state index contributed by atoms with van der Waals surface area (Å²) in [7, 11) is -3.71. The first-order valence-electron chi connectivity index (χ1n) is 9.01. The van der Waals surface area contributed by atoms with Crippen LogP contribution in [0.5, 0.6) is 0 Å². The van der Waals surface area contributed by atoms with E-state index in [4.69, 9.17) is 14.7 Å². The second-order valence-corrected chi connectivity index (χ2v) is 9.20. The predicted molar refractivity (Wildman–Crippen MR) is 106 cm³/mol. The van der Waals surface area contributed by atoms with Gasteiger partial charge in [0.05, 0.1) is 18.9 Å². The monoisotopic (exact) mass is 407 g/mol. The molecule has 1 aliphatic heterocycles. The fraction of sp³-hybridized carbons (Fsp3) is 0.500. The van der Waals surface area contributed by atoms with Crippen LogP contribution in [0.2, 0.25) is 0 Å². The molecule has 0 fully saturated rings. The molecule has 0 aliphatic carbocycles. The van der Waals surface area contributed by atoms with Gasteiger partial charge in [-0.2, -0.15) is 0 Å². The van der Waals surface area contributed by atoms with Gasteiger partial charge in [-0.25, -0.2) is 8.42 Å². The number of ether oxygens (including phenoxy) is 1. The average molecular weight is 407 g/mol. The molecule has 1 aromatic rings. The number of carbonyl (C=O) groups is 1. The minimum Gasteiger partial charge on any atom is -0.465 e. The van der Waals surface area contributed by atoms with Crippen LogP contribution in [-0.4, -0.2) is 55.5 Å². The van der Waals surface area contributed by atoms with Gasteiger partial charge in [-0.1, -0.05) is 29.1 Å². The summed E-state index contributed by atoms with van der Waals surface area (Å²) in [4.78, 5) is 17.7. The van der Waals surface area contributed by atoms with E-state index in [0.29, 0.717) is 18.6 Å². The molecule has 8 heteroatoms. The number of oxime groups is 1. The zero-order chi connectivity index (χ0) is 20.8. The summed E-state index contributed by atoms with van der Waals surface area (Å²) >= 11 is 0. The Labute approximate surface area is 165 Å². The van der Waals surface area contributed by atoms with Crippen molar-refractivity contribution in [3.8, 4) is 11.8 Å². The van der Waals surface area contributed by atoms with Crippen LogP contribution in [0.4, 0.5) is 0 Å². The summed E-state index contributed by atoms with van der Waals surface area (Å²) in [6, 6.07) is 7.40. The van der Waals surface area contributed by atoms with Gasteiger partial charge in [-0.05, 0) is 31.5 Å². The first kappa shape index (κ1) is 21.9. The fourth-order valence-corrected chi connectivity index (χ4v) is 3.63. The van der Waals surface area contributed by atoms with Crippen LogP contribution in [0.25, 0.3) is 0 Å². The molecular formula is C20H25NO6S. The number of nitrogens with zero attached hydrogens (tertiary/aromatic N) is 1. The number of esters is 1. The van der Waals surface area contributed by atoms with Crippen LogP contribution in [0.3, 0.4) is 0 Å². The fourth-order valence-electron chi connectivity index (χ4n) is 2.78. The van der Waals surface area contributed by atoms with Gasteiger partial charge in [0.25, 0.3) is 0 Å². The second kappa shape index (κ2) is 9.22. The summed E-state index contributed by atoms with van der Waals surface area (Å²) in [5.41, 5.74) is 2.34. The first-order chi connectivity index (χ1) is 13.2. The number of carbonyl (C=O) groups excluding carboxylic acids is 1. The molecule has 0 radical (unpaired) electrons. The van der Waals surface area contributed by atoms with E-state index >= 15 is 0 Å². The molecule has 1 aliphatic rings. The number of benzene rings is 1. The van der Waals surface area contributed by atoms with Gasteiger partial charge in [0.1, 0.15) is 6.10 Å². The molecule has 1 N–H and O–H groups in total. The van der Waals surface area contributed by atoms with Gasteiger partial charge in [0.15, 0.2) is 14.6 Å². The standard InChI is InChI=1S/C20H25NO6S/c1-4-26-19(23)20(2,28(3,24)25)14-17-13-18(21-27-17)16-10-8-15(9-11-16)7-5-6-12-22/h8-11,17,22H,4,6,12-14H2,1-3H3/t17-,20-/m1/s1. The Bertz CT molecular complexity index is 895. The van der Waals surface area contributed by atoms with E-state index in [1.165, 1.54) is 6.92 Å². The zero-order valence-corrected chi connectivity index (χ0v) is 17.1. The van der Waals surface area contributed by atoms with Crippen LogP contribution >= 0.6 is 0 Å². The highest BCUT2D eigenvalue weighted by Gasteiger charge is 2.48. The largest absolute Gasteiger partial charge is 0.465 e. The summed E-state index contributed by atoms with van der Waals surface area (Å²) < 4.78 is 27.7. The van der Waals surface area contributed by atoms with Crippen molar-refractivity contribution in [3.63, 3.8) is 0 Å². The van der Waals surface area contributed by atoms with Gasteiger partial charge >= 0.3 is 5.97 Å². The third kappa shape index (κ3) is 5.12. The third-order valence-corrected chi connectivity index (χ3v) is 6.53. The molecule has 0 bridgehead atoms. The summed E-state index contributed by atoms with van der Waals surface area (Å²) in [6.07, 6.45) is 1.26. The molecule has 1 heterocycles. The number of hydrogen-bond acceptors (Lipinski definition) is 7. The van der Waals surface area contributed by atoms with Crippen LogP contribution in [0.15, 0.2) is 29.4 Å². The SMILES string of the molecule is CCOC(=O)[C@@](C)(C[C@H]1CC(c2ccc(C#CCCO)cc2)=NO1)S(C)(=O)=O. The lowest BCUT2D eigenvalue weighted by molar-refractivity contribution is -0.146. The number of aliphatic hydroxyl groups excluding tert-OH is 1. The Balaban J connectivity index is 2.08. The highest BCUT2D eigenvalue weighted by Crippen LogP contribution is 2.30. The van der Waals surface area contributed by atoms with Crippen molar-refractivity contribution in [2.75, 3.05) is 19.5 Å². The number of aliphatic hydroxyl groups is 1. The Morgan fingerprint density at radius 1 is 1.39 bits per heavy atom. The number of hydrogen-bond donors (Lipinski definition) is 1.